The Kier molecular flexibility index (Phi) is 4.55. The lowest BCUT2D eigenvalue weighted by molar-refractivity contribution is -0.864. The second kappa shape index (κ2) is 6.22. The minimum Gasteiger partial charge on any atom is -0.633 e. The van der Waals surface area contributed by atoms with E-state index in [0.29, 0.717) is 31.3 Å². The molecule has 1 fully saturated rings. The summed E-state index contributed by atoms with van der Waals surface area (Å²) in [5.74, 6) is 0. The zero-order chi connectivity index (χ0) is 17.5. The summed E-state index contributed by atoms with van der Waals surface area (Å²) >= 11 is 7.24. The van der Waals surface area contributed by atoms with Crippen molar-refractivity contribution < 1.29 is 4.65 Å². The second-order valence-corrected chi connectivity index (χ2v) is 9.03. The van der Waals surface area contributed by atoms with Crippen molar-refractivity contribution >= 4 is 44.6 Å². The van der Waals surface area contributed by atoms with E-state index >= 15 is 0 Å². The lowest BCUT2D eigenvalue weighted by atomic mass is 9.98. The van der Waals surface area contributed by atoms with Crippen LogP contribution in [-0.2, 0) is 5.41 Å². The van der Waals surface area contributed by atoms with E-state index in [0.717, 1.165) is 20.9 Å². The molecule has 2 aromatic rings. The molecule has 0 atom stereocenters. The summed E-state index contributed by atoms with van der Waals surface area (Å²) in [4.78, 5) is 6.79. The smallest absolute Gasteiger partial charge is 0.173 e. The van der Waals surface area contributed by atoms with Gasteiger partial charge in [0.2, 0.25) is 0 Å². The summed E-state index contributed by atoms with van der Waals surface area (Å²) in [6.45, 7) is 9.08. The zero-order valence-electron chi connectivity index (χ0n) is 14.6. The first-order valence-electron chi connectivity index (χ1n) is 8.17. The van der Waals surface area contributed by atoms with Crippen LogP contribution in [-0.4, -0.2) is 52.9 Å². The molecule has 1 aromatic carbocycles. The standard InChI is InChI=1S/C17H24N4OS2/c1-17(2,3)15-19-13-6-5-12(11-14(13)24-15)18-16(23)20-7-9-21(4,22)10-8-20/h5-6,11H,7-10H2,1-4H3,(H,18,23). The SMILES string of the molecule is CC(C)(C)c1nc2ccc(NC(=S)N3CC[N+](C)([O-])CC3)cc2s1. The average molecular weight is 365 g/mol. The molecule has 1 aliphatic heterocycles. The van der Waals surface area contributed by atoms with E-state index in [1.165, 1.54) is 0 Å². The maximum absolute atomic E-state index is 11.9. The van der Waals surface area contributed by atoms with E-state index in [9.17, 15) is 5.21 Å². The number of fused-ring (bicyclic) bond motifs is 1. The van der Waals surface area contributed by atoms with Crippen molar-refractivity contribution in [2.45, 2.75) is 26.2 Å². The molecule has 0 radical (unpaired) electrons. The van der Waals surface area contributed by atoms with Gasteiger partial charge in [-0.25, -0.2) is 4.98 Å². The van der Waals surface area contributed by atoms with Gasteiger partial charge < -0.3 is 20.1 Å². The predicted octanol–water partition coefficient (Wildman–Crippen LogP) is 3.55. The highest BCUT2D eigenvalue weighted by Gasteiger charge is 2.23. The molecular formula is C17H24N4OS2. The number of benzene rings is 1. The lowest BCUT2D eigenvalue weighted by Crippen LogP contribution is -2.55. The maximum atomic E-state index is 11.9. The summed E-state index contributed by atoms with van der Waals surface area (Å²) < 4.78 is 0.983. The van der Waals surface area contributed by atoms with E-state index in [-0.39, 0.29) is 10.1 Å². The Morgan fingerprint density at radius 2 is 2.00 bits per heavy atom. The number of anilines is 1. The minimum atomic E-state index is -0.179. The molecule has 3 rings (SSSR count). The molecule has 0 saturated carbocycles. The Morgan fingerprint density at radius 1 is 1.33 bits per heavy atom. The minimum absolute atomic E-state index is 0.0591. The largest absolute Gasteiger partial charge is 0.633 e. The number of hydrogen-bond donors (Lipinski definition) is 1. The highest BCUT2D eigenvalue weighted by Crippen LogP contribution is 2.32. The van der Waals surface area contributed by atoms with Gasteiger partial charge in [-0.2, -0.15) is 0 Å². The number of piperazine rings is 1. The van der Waals surface area contributed by atoms with Crippen LogP contribution in [0.25, 0.3) is 10.2 Å². The number of likely N-dealkylation sites (N-methyl/N-ethyl adjacent to an activating group) is 1. The van der Waals surface area contributed by atoms with Gasteiger partial charge in [0.15, 0.2) is 5.11 Å². The summed E-state index contributed by atoms with van der Waals surface area (Å²) in [6.07, 6.45) is 0. The Balaban J connectivity index is 1.72. The summed E-state index contributed by atoms with van der Waals surface area (Å²) in [5.41, 5.74) is 2.06. The highest BCUT2D eigenvalue weighted by molar-refractivity contribution is 7.80. The van der Waals surface area contributed by atoms with Crippen LogP contribution in [0.1, 0.15) is 25.8 Å². The topological polar surface area (TPSA) is 51.2 Å². The van der Waals surface area contributed by atoms with E-state index in [4.69, 9.17) is 17.2 Å². The van der Waals surface area contributed by atoms with Crippen molar-refractivity contribution in [2.24, 2.45) is 0 Å². The molecule has 0 bridgehead atoms. The van der Waals surface area contributed by atoms with Crippen molar-refractivity contribution in [3.63, 3.8) is 0 Å². The molecule has 130 valence electrons. The first-order valence-corrected chi connectivity index (χ1v) is 9.39. The molecule has 0 amide bonds. The fourth-order valence-electron chi connectivity index (χ4n) is 2.62. The molecule has 7 heteroatoms. The van der Waals surface area contributed by atoms with Crippen LogP contribution in [0.15, 0.2) is 18.2 Å². The Hall–Kier alpha value is -1.28. The molecule has 0 aliphatic carbocycles. The molecule has 0 spiro atoms. The first-order chi connectivity index (χ1) is 11.1. The average Bonchev–Trinajstić information content (AvgIpc) is 2.90. The zero-order valence-corrected chi connectivity index (χ0v) is 16.3. The van der Waals surface area contributed by atoms with Crippen LogP contribution in [0.2, 0.25) is 0 Å². The number of hydroxylamine groups is 3. The number of rotatable bonds is 1. The van der Waals surface area contributed by atoms with Gasteiger partial charge in [-0.3, -0.25) is 0 Å². The number of nitrogens with one attached hydrogen (secondary N) is 1. The molecule has 1 aromatic heterocycles. The number of hydrogen-bond acceptors (Lipinski definition) is 4. The van der Waals surface area contributed by atoms with Gasteiger partial charge in [0.25, 0.3) is 0 Å². The van der Waals surface area contributed by atoms with Crippen molar-refractivity contribution in [3.8, 4) is 0 Å². The molecule has 1 N–H and O–H groups in total. The van der Waals surface area contributed by atoms with Gasteiger partial charge in [-0.1, -0.05) is 20.8 Å². The van der Waals surface area contributed by atoms with E-state index in [1.54, 1.807) is 18.4 Å². The molecule has 1 saturated heterocycles. The van der Waals surface area contributed by atoms with Gasteiger partial charge in [-0.05, 0) is 30.4 Å². The second-order valence-electron chi connectivity index (χ2n) is 7.61. The van der Waals surface area contributed by atoms with E-state index < -0.39 is 0 Å². The summed E-state index contributed by atoms with van der Waals surface area (Å²) in [7, 11) is 1.72. The van der Waals surface area contributed by atoms with Crippen LogP contribution in [0.3, 0.4) is 0 Å². The van der Waals surface area contributed by atoms with Crippen molar-refractivity contribution in [3.05, 3.63) is 28.4 Å². The summed E-state index contributed by atoms with van der Waals surface area (Å²) in [5, 5.41) is 17.1. The van der Waals surface area contributed by atoms with Crippen LogP contribution in [0.4, 0.5) is 5.69 Å². The summed E-state index contributed by atoms with van der Waals surface area (Å²) in [6, 6.07) is 6.15. The first kappa shape index (κ1) is 17.5. The van der Waals surface area contributed by atoms with Crippen LogP contribution < -0.4 is 5.32 Å². The fourth-order valence-corrected chi connectivity index (χ4v) is 3.98. The van der Waals surface area contributed by atoms with Crippen LogP contribution >= 0.6 is 23.6 Å². The van der Waals surface area contributed by atoms with Crippen molar-refractivity contribution in [2.75, 3.05) is 38.5 Å². The predicted molar refractivity (Wildman–Crippen MR) is 105 cm³/mol. The Morgan fingerprint density at radius 3 is 2.62 bits per heavy atom. The number of thiazole rings is 1. The van der Waals surface area contributed by atoms with E-state index in [1.807, 2.05) is 12.1 Å². The number of quaternary nitrogens is 1. The van der Waals surface area contributed by atoms with Gasteiger partial charge in [0.05, 0.1) is 48.5 Å². The van der Waals surface area contributed by atoms with Crippen LogP contribution in [0, 0.1) is 5.21 Å². The third kappa shape index (κ3) is 3.85. The maximum Gasteiger partial charge on any atom is 0.173 e. The van der Waals surface area contributed by atoms with Crippen molar-refractivity contribution in [1.82, 2.24) is 9.88 Å². The van der Waals surface area contributed by atoms with Gasteiger partial charge >= 0.3 is 0 Å². The van der Waals surface area contributed by atoms with Crippen LogP contribution in [0.5, 0.6) is 0 Å². The molecule has 24 heavy (non-hydrogen) atoms. The molecule has 2 heterocycles. The fraction of sp³-hybridized carbons (Fsp3) is 0.529. The molecule has 1 aliphatic rings. The normalized spacial score (nSPS) is 18.0. The van der Waals surface area contributed by atoms with Gasteiger partial charge in [-0.15, -0.1) is 11.3 Å². The number of nitrogens with zero attached hydrogens (tertiary/aromatic N) is 3. The monoisotopic (exact) mass is 364 g/mol. The Labute approximate surface area is 152 Å². The lowest BCUT2D eigenvalue weighted by Gasteiger charge is -2.45. The highest BCUT2D eigenvalue weighted by atomic mass is 32.1. The number of thiocarbonyl (C=S) groups is 1. The third-order valence-electron chi connectivity index (χ3n) is 4.25. The third-order valence-corrected chi connectivity index (χ3v) is 6.06. The molecule has 0 unspecified atom stereocenters. The molecular weight excluding hydrogens is 340 g/mol. The van der Waals surface area contributed by atoms with Gasteiger partial charge in [0.1, 0.15) is 0 Å². The number of aromatic nitrogens is 1. The Bertz CT molecular complexity index is 754. The van der Waals surface area contributed by atoms with Crippen molar-refractivity contribution in [1.29, 1.82) is 0 Å². The van der Waals surface area contributed by atoms with E-state index in [2.05, 4.69) is 37.1 Å². The quantitative estimate of drug-likeness (QED) is 0.476. The van der Waals surface area contributed by atoms with Gasteiger partial charge in [0, 0.05) is 11.1 Å². The molecule has 5 nitrogen and oxygen atoms in total.